The monoisotopic (exact) mass is 326 g/mol. The summed E-state index contributed by atoms with van der Waals surface area (Å²) in [7, 11) is 0. The summed E-state index contributed by atoms with van der Waals surface area (Å²) in [6, 6.07) is 30.1. The van der Waals surface area contributed by atoms with E-state index in [-0.39, 0.29) is 11.7 Å². The van der Waals surface area contributed by atoms with E-state index in [2.05, 4.69) is 36.4 Å². The van der Waals surface area contributed by atoms with E-state index in [0.717, 1.165) is 17.5 Å². The molecule has 0 aliphatic heterocycles. The Labute approximate surface area is 149 Å². The van der Waals surface area contributed by atoms with Crippen molar-refractivity contribution in [2.45, 2.75) is 12.8 Å². The number of carbonyl (C=O) groups is 1. The minimum Gasteiger partial charge on any atom is -0.294 e. The number of Topliss-reactive ketones (excluding diaryl/α,β-unsaturated/α-hetero) is 1. The number of carbonyl (C=O) groups excluding carboxylic acids is 1. The molecule has 1 atom stereocenters. The van der Waals surface area contributed by atoms with Gasteiger partial charge in [0, 0.05) is 12.0 Å². The van der Waals surface area contributed by atoms with Crippen LogP contribution in [-0.2, 0) is 6.42 Å². The molecule has 3 aromatic carbocycles. The van der Waals surface area contributed by atoms with Crippen LogP contribution in [0.2, 0.25) is 0 Å². The van der Waals surface area contributed by atoms with Crippen molar-refractivity contribution in [2.75, 3.05) is 0 Å². The predicted molar refractivity (Wildman–Crippen MR) is 105 cm³/mol. The Morgan fingerprint density at radius 2 is 1.32 bits per heavy atom. The SMILES string of the molecule is O=C(CC(/C=C/c1ccccc1)Cc1ccccc1)c1ccccc1. The van der Waals surface area contributed by atoms with E-state index in [1.54, 1.807) is 0 Å². The third-order valence-corrected chi connectivity index (χ3v) is 4.24. The van der Waals surface area contributed by atoms with Gasteiger partial charge in [0.1, 0.15) is 0 Å². The first-order chi connectivity index (χ1) is 12.3. The Kier molecular flexibility index (Phi) is 5.95. The molecule has 0 spiro atoms. The fourth-order valence-corrected chi connectivity index (χ4v) is 2.92. The third kappa shape index (κ3) is 5.29. The molecular weight excluding hydrogens is 304 g/mol. The molecule has 1 heteroatoms. The third-order valence-electron chi connectivity index (χ3n) is 4.24. The van der Waals surface area contributed by atoms with E-state index in [1.165, 1.54) is 5.56 Å². The summed E-state index contributed by atoms with van der Waals surface area (Å²) in [6.45, 7) is 0. The normalized spacial score (nSPS) is 12.2. The summed E-state index contributed by atoms with van der Waals surface area (Å²) >= 11 is 0. The average molecular weight is 326 g/mol. The van der Waals surface area contributed by atoms with Crippen LogP contribution in [0.15, 0.2) is 97.1 Å². The highest BCUT2D eigenvalue weighted by atomic mass is 16.1. The Bertz CT molecular complexity index is 804. The molecule has 0 bridgehead atoms. The van der Waals surface area contributed by atoms with Crippen LogP contribution in [-0.4, -0.2) is 5.78 Å². The minimum atomic E-state index is 0.176. The summed E-state index contributed by atoms with van der Waals surface area (Å²) in [5.74, 6) is 0.370. The lowest BCUT2D eigenvalue weighted by molar-refractivity contribution is 0.0969. The van der Waals surface area contributed by atoms with Crippen LogP contribution in [0.25, 0.3) is 6.08 Å². The number of rotatable bonds is 7. The molecule has 3 rings (SSSR count). The molecule has 0 aliphatic rings. The maximum atomic E-state index is 12.6. The molecule has 0 amide bonds. The van der Waals surface area contributed by atoms with Gasteiger partial charge in [0.2, 0.25) is 0 Å². The van der Waals surface area contributed by atoms with E-state index < -0.39 is 0 Å². The van der Waals surface area contributed by atoms with Gasteiger partial charge in [0.05, 0.1) is 0 Å². The van der Waals surface area contributed by atoms with Crippen LogP contribution >= 0.6 is 0 Å². The molecule has 0 saturated heterocycles. The molecule has 0 fully saturated rings. The number of hydrogen-bond donors (Lipinski definition) is 0. The van der Waals surface area contributed by atoms with E-state index in [4.69, 9.17) is 0 Å². The van der Waals surface area contributed by atoms with Gasteiger partial charge in [-0.05, 0) is 23.5 Å². The van der Waals surface area contributed by atoms with Crippen LogP contribution in [0.5, 0.6) is 0 Å². The maximum Gasteiger partial charge on any atom is 0.163 e. The van der Waals surface area contributed by atoms with Crippen molar-refractivity contribution < 1.29 is 4.79 Å². The molecule has 1 unspecified atom stereocenters. The Morgan fingerprint density at radius 1 is 0.760 bits per heavy atom. The van der Waals surface area contributed by atoms with Crippen LogP contribution in [0.3, 0.4) is 0 Å². The van der Waals surface area contributed by atoms with Crippen molar-refractivity contribution in [1.29, 1.82) is 0 Å². The smallest absolute Gasteiger partial charge is 0.163 e. The second-order valence-electron chi connectivity index (χ2n) is 6.21. The molecule has 25 heavy (non-hydrogen) atoms. The lowest BCUT2D eigenvalue weighted by Gasteiger charge is -2.13. The molecule has 0 saturated carbocycles. The summed E-state index contributed by atoms with van der Waals surface area (Å²) in [5.41, 5.74) is 3.20. The minimum absolute atomic E-state index is 0.176. The lowest BCUT2D eigenvalue weighted by atomic mass is 9.91. The fourth-order valence-electron chi connectivity index (χ4n) is 2.92. The number of hydrogen-bond acceptors (Lipinski definition) is 1. The molecule has 1 nitrogen and oxygen atoms in total. The number of allylic oxidation sites excluding steroid dienone is 1. The highest BCUT2D eigenvalue weighted by molar-refractivity contribution is 5.96. The first-order valence-corrected chi connectivity index (χ1v) is 8.67. The Balaban J connectivity index is 1.76. The summed E-state index contributed by atoms with van der Waals surface area (Å²) in [4.78, 5) is 12.6. The van der Waals surface area contributed by atoms with E-state index in [1.807, 2.05) is 66.7 Å². The zero-order valence-corrected chi connectivity index (χ0v) is 14.2. The molecule has 0 aliphatic carbocycles. The molecule has 0 N–H and O–H groups in total. The highest BCUT2D eigenvalue weighted by Crippen LogP contribution is 2.18. The zero-order chi connectivity index (χ0) is 17.3. The molecule has 0 aromatic heterocycles. The van der Waals surface area contributed by atoms with E-state index >= 15 is 0 Å². The molecule has 124 valence electrons. The van der Waals surface area contributed by atoms with Gasteiger partial charge in [-0.15, -0.1) is 0 Å². The van der Waals surface area contributed by atoms with Gasteiger partial charge < -0.3 is 0 Å². The van der Waals surface area contributed by atoms with Crippen molar-refractivity contribution in [3.8, 4) is 0 Å². The molecular formula is C24H22O. The zero-order valence-electron chi connectivity index (χ0n) is 14.2. The first-order valence-electron chi connectivity index (χ1n) is 8.67. The molecule has 3 aromatic rings. The largest absolute Gasteiger partial charge is 0.294 e. The van der Waals surface area contributed by atoms with Gasteiger partial charge in [-0.2, -0.15) is 0 Å². The lowest BCUT2D eigenvalue weighted by Crippen LogP contribution is -2.09. The van der Waals surface area contributed by atoms with E-state index in [0.29, 0.717) is 6.42 Å². The average Bonchev–Trinajstić information content (AvgIpc) is 2.68. The van der Waals surface area contributed by atoms with Crippen LogP contribution in [0.1, 0.15) is 27.9 Å². The van der Waals surface area contributed by atoms with Gasteiger partial charge in [-0.1, -0.05) is 103 Å². The van der Waals surface area contributed by atoms with Crippen molar-refractivity contribution >= 4 is 11.9 Å². The Morgan fingerprint density at radius 3 is 1.96 bits per heavy atom. The number of benzene rings is 3. The topological polar surface area (TPSA) is 17.1 Å². The van der Waals surface area contributed by atoms with Gasteiger partial charge in [-0.3, -0.25) is 4.79 Å². The van der Waals surface area contributed by atoms with Gasteiger partial charge >= 0.3 is 0 Å². The second-order valence-corrected chi connectivity index (χ2v) is 6.21. The van der Waals surface area contributed by atoms with Crippen molar-refractivity contribution in [2.24, 2.45) is 5.92 Å². The standard InChI is InChI=1S/C24H22O/c25-24(23-14-8-3-9-15-23)19-22(18-21-12-6-2-7-13-21)17-16-20-10-4-1-5-11-20/h1-17,22H,18-19H2/b17-16+. The van der Waals surface area contributed by atoms with Gasteiger partial charge in [0.25, 0.3) is 0 Å². The van der Waals surface area contributed by atoms with E-state index in [9.17, 15) is 4.79 Å². The number of ketones is 1. The quantitative estimate of drug-likeness (QED) is 0.499. The van der Waals surface area contributed by atoms with Gasteiger partial charge in [-0.25, -0.2) is 0 Å². The summed E-state index contributed by atoms with van der Waals surface area (Å²) in [6.07, 6.45) is 5.67. The second kappa shape index (κ2) is 8.79. The van der Waals surface area contributed by atoms with Crippen molar-refractivity contribution in [3.05, 3.63) is 114 Å². The highest BCUT2D eigenvalue weighted by Gasteiger charge is 2.13. The summed E-state index contributed by atoms with van der Waals surface area (Å²) < 4.78 is 0. The van der Waals surface area contributed by atoms with Crippen molar-refractivity contribution in [3.63, 3.8) is 0 Å². The predicted octanol–water partition coefficient (Wildman–Crippen LogP) is 5.83. The van der Waals surface area contributed by atoms with Crippen molar-refractivity contribution in [1.82, 2.24) is 0 Å². The fraction of sp³-hybridized carbons (Fsp3) is 0.125. The van der Waals surface area contributed by atoms with Crippen LogP contribution < -0.4 is 0 Å². The maximum absolute atomic E-state index is 12.6. The summed E-state index contributed by atoms with van der Waals surface area (Å²) in [5, 5.41) is 0. The van der Waals surface area contributed by atoms with Gasteiger partial charge in [0.15, 0.2) is 5.78 Å². The van der Waals surface area contributed by atoms with Crippen LogP contribution in [0, 0.1) is 5.92 Å². The molecule has 0 radical (unpaired) electrons. The van der Waals surface area contributed by atoms with Crippen LogP contribution in [0.4, 0.5) is 0 Å². The molecule has 0 heterocycles. The first kappa shape index (κ1) is 16.9. The Hall–Kier alpha value is -2.93.